The molecular weight excluding hydrogens is 348 g/mol. The first-order valence-corrected chi connectivity index (χ1v) is 8.94. The third-order valence-electron chi connectivity index (χ3n) is 4.88. The van der Waals surface area contributed by atoms with Gasteiger partial charge >= 0.3 is 0 Å². The number of anilines is 1. The fourth-order valence-corrected chi connectivity index (χ4v) is 3.60. The van der Waals surface area contributed by atoms with Crippen molar-refractivity contribution in [3.05, 3.63) is 48.3 Å². The highest BCUT2D eigenvalue weighted by Gasteiger charge is 2.21. The molecule has 0 radical (unpaired) electrons. The van der Waals surface area contributed by atoms with Gasteiger partial charge in [-0.25, -0.2) is 4.98 Å². The van der Waals surface area contributed by atoms with Gasteiger partial charge in [0.1, 0.15) is 17.2 Å². The molecule has 0 aromatic carbocycles. The Morgan fingerprint density at radius 3 is 2.65 bits per heavy atom. The van der Waals surface area contributed by atoms with Crippen LogP contribution < -0.4 is 5.32 Å². The van der Waals surface area contributed by atoms with Crippen molar-refractivity contribution >= 4 is 29.7 Å². The Morgan fingerprint density at radius 2 is 1.96 bits per heavy atom. The minimum Gasteiger partial charge on any atom is -0.367 e. The van der Waals surface area contributed by atoms with Gasteiger partial charge in [-0.1, -0.05) is 25.3 Å². The summed E-state index contributed by atoms with van der Waals surface area (Å²) in [5.74, 6) is 0.955. The van der Waals surface area contributed by atoms with Crippen LogP contribution in [0, 0.1) is 0 Å². The van der Waals surface area contributed by atoms with Crippen LogP contribution in [0.15, 0.2) is 42.7 Å². The number of pyridine rings is 2. The second-order valence-corrected chi connectivity index (χ2v) is 6.67. The standard InChI is InChI=1S/C20H22N4O.ClH/c1-14(25)16-10-7-13-24-19(16)23-18(17-11-5-6-12-21-17)20(24)22-15-8-3-2-4-9-15;/h5-7,10-13,15,22H,2-4,8-9H2,1H3;1H. The molecule has 0 unspecified atom stereocenters. The summed E-state index contributed by atoms with van der Waals surface area (Å²) in [6, 6.07) is 9.99. The number of carbonyl (C=O) groups is 1. The molecule has 0 bridgehead atoms. The molecule has 5 nitrogen and oxygen atoms in total. The summed E-state index contributed by atoms with van der Waals surface area (Å²) in [6.07, 6.45) is 9.90. The van der Waals surface area contributed by atoms with Gasteiger partial charge < -0.3 is 5.32 Å². The van der Waals surface area contributed by atoms with E-state index in [0.717, 1.165) is 17.2 Å². The highest BCUT2D eigenvalue weighted by molar-refractivity contribution is 6.00. The van der Waals surface area contributed by atoms with Crippen LogP contribution in [0.3, 0.4) is 0 Å². The third kappa shape index (κ3) is 3.44. The Balaban J connectivity index is 0.00000196. The number of Topliss-reactive ketones (excluding diaryl/α,β-unsaturated/α-hetero) is 1. The van der Waals surface area contributed by atoms with E-state index in [1.54, 1.807) is 13.1 Å². The van der Waals surface area contributed by atoms with Crippen molar-refractivity contribution in [2.75, 3.05) is 5.32 Å². The Labute approximate surface area is 159 Å². The summed E-state index contributed by atoms with van der Waals surface area (Å²) in [5.41, 5.74) is 2.95. The highest BCUT2D eigenvalue weighted by Crippen LogP contribution is 2.31. The van der Waals surface area contributed by atoms with Crippen molar-refractivity contribution in [1.82, 2.24) is 14.4 Å². The summed E-state index contributed by atoms with van der Waals surface area (Å²) in [7, 11) is 0. The van der Waals surface area contributed by atoms with Crippen LogP contribution in [-0.2, 0) is 0 Å². The number of imidazole rings is 1. The lowest BCUT2D eigenvalue weighted by Gasteiger charge is -2.24. The number of carbonyl (C=O) groups excluding carboxylic acids is 1. The van der Waals surface area contributed by atoms with Gasteiger partial charge in [-0.3, -0.25) is 14.2 Å². The summed E-state index contributed by atoms with van der Waals surface area (Å²) < 4.78 is 2.00. The number of nitrogens with one attached hydrogen (secondary N) is 1. The van der Waals surface area contributed by atoms with E-state index in [4.69, 9.17) is 4.98 Å². The van der Waals surface area contributed by atoms with Crippen molar-refractivity contribution in [2.45, 2.75) is 45.1 Å². The van der Waals surface area contributed by atoms with E-state index >= 15 is 0 Å². The van der Waals surface area contributed by atoms with E-state index in [1.807, 2.05) is 40.9 Å². The van der Waals surface area contributed by atoms with Gasteiger partial charge in [0.05, 0.1) is 11.3 Å². The number of aromatic nitrogens is 3. The first-order chi connectivity index (χ1) is 12.2. The van der Waals surface area contributed by atoms with Crippen LogP contribution >= 0.6 is 12.4 Å². The van der Waals surface area contributed by atoms with Crippen LogP contribution in [-0.4, -0.2) is 26.2 Å². The molecular formula is C20H23ClN4O. The normalized spacial score (nSPS) is 14.8. The van der Waals surface area contributed by atoms with Crippen molar-refractivity contribution in [1.29, 1.82) is 0 Å². The molecule has 3 heterocycles. The topological polar surface area (TPSA) is 59.3 Å². The molecule has 136 valence electrons. The lowest BCUT2D eigenvalue weighted by molar-refractivity contribution is 0.101. The van der Waals surface area contributed by atoms with Crippen LogP contribution in [0.2, 0.25) is 0 Å². The van der Waals surface area contributed by atoms with Crippen LogP contribution in [0.1, 0.15) is 49.4 Å². The number of rotatable bonds is 4. The second kappa shape index (κ2) is 7.87. The monoisotopic (exact) mass is 370 g/mol. The number of hydrogen-bond acceptors (Lipinski definition) is 4. The maximum absolute atomic E-state index is 12.0. The van der Waals surface area contributed by atoms with Gasteiger partial charge in [0.25, 0.3) is 0 Å². The zero-order valence-corrected chi connectivity index (χ0v) is 15.6. The molecule has 0 saturated heterocycles. The van der Waals surface area contributed by atoms with E-state index in [9.17, 15) is 4.79 Å². The van der Waals surface area contributed by atoms with E-state index in [-0.39, 0.29) is 18.2 Å². The average molecular weight is 371 g/mol. The van der Waals surface area contributed by atoms with Gasteiger partial charge in [0, 0.05) is 18.4 Å². The number of fused-ring (bicyclic) bond motifs is 1. The molecule has 6 heteroatoms. The predicted molar refractivity (Wildman–Crippen MR) is 106 cm³/mol. The maximum Gasteiger partial charge on any atom is 0.163 e. The predicted octanol–water partition coefficient (Wildman–Crippen LogP) is 4.77. The summed E-state index contributed by atoms with van der Waals surface area (Å²) in [6.45, 7) is 1.58. The minimum absolute atomic E-state index is 0. The first kappa shape index (κ1) is 18.4. The SMILES string of the molecule is CC(=O)c1cccn2c(NC3CCCCC3)c(-c3ccccn3)nc12.Cl. The van der Waals surface area contributed by atoms with Gasteiger partial charge in [-0.05, 0) is 44.0 Å². The summed E-state index contributed by atoms with van der Waals surface area (Å²) >= 11 is 0. The quantitative estimate of drug-likeness (QED) is 0.672. The fourth-order valence-electron chi connectivity index (χ4n) is 3.60. The van der Waals surface area contributed by atoms with Crippen LogP contribution in [0.5, 0.6) is 0 Å². The Kier molecular flexibility index (Phi) is 5.57. The Hall–Kier alpha value is -2.40. The molecule has 1 aliphatic carbocycles. The molecule has 1 fully saturated rings. The molecule has 26 heavy (non-hydrogen) atoms. The molecule has 4 rings (SSSR count). The number of nitrogens with zero attached hydrogens (tertiary/aromatic N) is 3. The van der Waals surface area contributed by atoms with Gasteiger partial charge in [-0.2, -0.15) is 0 Å². The van der Waals surface area contributed by atoms with Crippen molar-refractivity contribution in [3.8, 4) is 11.4 Å². The molecule has 0 aliphatic heterocycles. The first-order valence-electron chi connectivity index (χ1n) is 8.94. The van der Waals surface area contributed by atoms with Crippen molar-refractivity contribution < 1.29 is 4.79 Å². The average Bonchev–Trinajstić information content (AvgIpc) is 3.02. The zero-order chi connectivity index (χ0) is 17.2. The van der Waals surface area contributed by atoms with E-state index < -0.39 is 0 Å². The van der Waals surface area contributed by atoms with Crippen LogP contribution in [0.4, 0.5) is 5.82 Å². The largest absolute Gasteiger partial charge is 0.367 e. The molecule has 3 aromatic rings. The molecule has 1 saturated carbocycles. The summed E-state index contributed by atoms with van der Waals surface area (Å²) in [4.78, 5) is 21.3. The lowest BCUT2D eigenvalue weighted by atomic mass is 9.95. The molecule has 0 atom stereocenters. The molecule has 1 aliphatic rings. The number of halogens is 1. The van der Waals surface area contributed by atoms with Gasteiger partial charge in [-0.15, -0.1) is 12.4 Å². The molecule has 3 aromatic heterocycles. The Morgan fingerprint density at radius 1 is 1.15 bits per heavy atom. The van der Waals surface area contributed by atoms with Crippen molar-refractivity contribution in [3.63, 3.8) is 0 Å². The van der Waals surface area contributed by atoms with Gasteiger partial charge in [0.15, 0.2) is 5.78 Å². The molecule has 1 N–H and O–H groups in total. The zero-order valence-electron chi connectivity index (χ0n) is 14.8. The molecule has 0 amide bonds. The smallest absolute Gasteiger partial charge is 0.163 e. The minimum atomic E-state index is 0. The van der Waals surface area contributed by atoms with E-state index in [2.05, 4.69) is 10.3 Å². The number of hydrogen-bond donors (Lipinski definition) is 1. The van der Waals surface area contributed by atoms with Gasteiger partial charge in [0.2, 0.25) is 0 Å². The second-order valence-electron chi connectivity index (χ2n) is 6.67. The number of ketones is 1. The van der Waals surface area contributed by atoms with E-state index in [0.29, 0.717) is 17.3 Å². The van der Waals surface area contributed by atoms with Crippen molar-refractivity contribution in [2.24, 2.45) is 0 Å². The fraction of sp³-hybridized carbons (Fsp3) is 0.350. The summed E-state index contributed by atoms with van der Waals surface area (Å²) in [5, 5.41) is 3.69. The highest BCUT2D eigenvalue weighted by atomic mass is 35.5. The van der Waals surface area contributed by atoms with E-state index in [1.165, 1.54) is 32.1 Å². The maximum atomic E-state index is 12.0. The third-order valence-corrected chi connectivity index (χ3v) is 4.88. The lowest BCUT2D eigenvalue weighted by Crippen LogP contribution is -2.23. The molecule has 0 spiro atoms. The Bertz CT molecular complexity index is 901. The van der Waals surface area contributed by atoms with Crippen LogP contribution in [0.25, 0.3) is 17.0 Å².